The SMILES string of the molecule is CCOc1cnc(NC(=O)N(C)[C@H]2CN(c3nccc(OC(=O)N[C@H]4CCN(C)[C@H](C)C4)n3)CCC2(F)F)cn1. The van der Waals surface area contributed by atoms with Crippen molar-refractivity contribution in [3.63, 3.8) is 0 Å². The van der Waals surface area contributed by atoms with Gasteiger partial charge in [0, 0.05) is 57.4 Å². The summed E-state index contributed by atoms with van der Waals surface area (Å²) in [7, 11) is 3.33. The number of urea groups is 1. The number of rotatable bonds is 7. The molecule has 3 amide bonds. The minimum Gasteiger partial charge on any atom is -0.477 e. The van der Waals surface area contributed by atoms with Crippen LogP contribution in [0, 0.1) is 0 Å². The Morgan fingerprint density at radius 3 is 2.70 bits per heavy atom. The molecule has 2 fully saturated rings. The summed E-state index contributed by atoms with van der Waals surface area (Å²) in [6.07, 6.45) is 4.45. The Labute approximate surface area is 231 Å². The van der Waals surface area contributed by atoms with Crippen LogP contribution in [0.5, 0.6) is 11.8 Å². The van der Waals surface area contributed by atoms with E-state index < -0.39 is 30.5 Å². The van der Waals surface area contributed by atoms with Gasteiger partial charge in [0.25, 0.3) is 5.92 Å². The van der Waals surface area contributed by atoms with E-state index in [1.807, 2.05) is 7.05 Å². The van der Waals surface area contributed by atoms with Crippen LogP contribution in [-0.4, -0.2) is 106 Å². The smallest absolute Gasteiger partial charge is 0.414 e. The first-order valence-corrected chi connectivity index (χ1v) is 13.2. The number of nitrogens with one attached hydrogen (secondary N) is 2. The van der Waals surface area contributed by atoms with Gasteiger partial charge in [0.05, 0.1) is 19.0 Å². The maximum atomic E-state index is 15.0. The van der Waals surface area contributed by atoms with E-state index in [0.29, 0.717) is 12.6 Å². The minimum atomic E-state index is -3.16. The number of anilines is 2. The van der Waals surface area contributed by atoms with Gasteiger partial charge in [-0.25, -0.2) is 33.3 Å². The molecular formula is C25H35F2N9O4. The van der Waals surface area contributed by atoms with Crippen LogP contribution in [0.1, 0.15) is 33.1 Å². The Morgan fingerprint density at radius 2 is 2.00 bits per heavy atom. The number of likely N-dealkylation sites (tertiary alicyclic amines) is 1. The van der Waals surface area contributed by atoms with Crippen molar-refractivity contribution in [2.24, 2.45) is 0 Å². The number of aromatic nitrogens is 4. The number of carbonyl (C=O) groups is 2. The highest BCUT2D eigenvalue weighted by Gasteiger charge is 2.48. The molecule has 0 aliphatic carbocycles. The molecule has 13 nitrogen and oxygen atoms in total. The standard InChI is InChI=1S/C25H35F2N9O4/c1-5-39-21-14-29-19(13-30-21)32-23(37)35(4)18-15-36(11-8-25(18,26)27)22-28-9-6-20(33-22)40-24(38)31-17-7-10-34(3)16(2)12-17/h6,9,13-14,16-18H,5,7-8,10-12,15H2,1-4H3,(H,31,38)(H,29,32,37)/t16-,17+,18+/m1/s1. The number of carbonyl (C=O) groups excluding carboxylic acids is 2. The van der Waals surface area contributed by atoms with Crippen molar-refractivity contribution in [3.05, 3.63) is 24.7 Å². The van der Waals surface area contributed by atoms with E-state index >= 15 is 0 Å². The monoisotopic (exact) mass is 563 g/mol. The van der Waals surface area contributed by atoms with Crippen molar-refractivity contribution < 1.29 is 27.8 Å². The molecule has 2 aliphatic heterocycles. The Balaban J connectivity index is 1.37. The average Bonchev–Trinajstić information content (AvgIpc) is 2.91. The number of hydrogen-bond acceptors (Lipinski definition) is 10. The Morgan fingerprint density at radius 1 is 1.20 bits per heavy atom. The summed E-state index contributed by atoms with van der Waals surface area (Å²) in [5.41, 5.74) is 0. The number of nitrogens with zero attached hydrogens (tertiary/aromatic N) is 7. The second kappa shape index (κ2) is 12.5. The minimum absolute atomic E-state index is 0.00229. The topological polar surface area (TPSA) is 138 Å². The van der Waals surface area contributed by atoms with Gasteiger partial charge >= 0.3 is 12.1 Å². The molecule has 0 bridgehead atoms. The quantitative estimate of drug-likeness (QED) is 0.517. The second-order valence-corrected chi connectivity index (χ2v) is 9.97. The van der Waals surface area contributed by atoms with Crippen molar-refractivity contribution in [3.8, 4) is 11.8 Å². The van der Waals surface area contributed by atoms with Gasteiger partial charge in [0.1, 0.15) is 6.04 Å². The highest BCUT2D eigenvalue weighted by atomic mass is 19.3. The fourth-order valence-corrected chi connectivity index (χ4v) is 4.67. The maximum absolute atomic E-state index is 15.0. The summed E-state index contributed by atoms with van der Waals surface area (Å²) in [6.45, 7) is 4.87. The number of alkyl halides is 2. The Kier molecular flexibility index (Phi) is 9.12. The summed E-state index contributed by atoms with van der Waals surface area (Å²) >= 11 is 0. The molecule has 2 aliphatic rings. The maximum Gasteiger partial charge on any atom is 0.414 e. The van der Waals surface area contributed by atoms with Crippen molar-refractivity contribution in [1.29, 1.82) is 0 Å². The van der Waals surface area contributed by atoms with Crippen LogP contribution in [0.4, 0.5) is 30.1 Å². The summed E-state index contributed by atoms with van der Waals surface area (Å²) in [5.74, 6) is -2.67. The molecule has 2 aromatic rings. The van der Waals surface area contributed by atoms with E-state index in [-0.39, 0.29) is 42.7 Å². The molecule has 4 heterocycles. The Hall–Kier alpha value is -3.88. The lowest BCUT2D eigenvalue weighted by atomic mass is 9.99. The van der Waals surface area contributed by atoms with Crippen molar-refractivity contribution in [2.45, 2.75) is 57.2 Å². The molecule has 0 aromatic carbocycles. The number of piperidine rings is 2. The molecule has 0 radical (unpaired) electrons. The van der Waals surface area contributed by atoms with Crippen molar-refractivity contribution in [1.82, 2.24) is 35.1 Å². The van der Waals surface area contributed by atoms with Crippen molar-refractivity contribution in [2.75, 3.05) is 50.6 Å². The lowest BCUT2D eigenvalue weighted by Crippen LogP contribution is -2.60. The van der Waals surface area contributed by atoms with Gasteiger partial charge in [0.2, 0.25) is 17.7 Å². The van der Waals surface area contributed by atoms with Gasteiger partial charge in [-0.1, -0.05) is 0 Å². The fourth-order valence-electron chi connectivity index (χ4n) is 4.67. The molecule has 218 valence electrons. The third-order valence-corrected chi connectivity index (χ3v) is 7.17. The summed E-state index contributed by atoms with van der Waals surface area (Å²) in [6, 6.07) is -0.514. The van der Waals surface area contributed by atoms with E-state index in [1.54, 1.807) is 6.92 Å². The number of amides is 3. The van der Waals surface area contributed by atoms with E-state index in [1.165, 1.54) is 36.6 Å². The molecule has 2 N–H and O–H groups in total. The van der Waals surface area contributed by atoms with Crippen molar-refractivity contribution >= 4 is 23.9 Å². The predicted octanol–water partition coefficient (Wildman–Crippen LogP) is 2.61. The normalized spacial score (nSPS) is 22.8. The summed E-state index contributed by atoms with van der Waals surface area (Å²) in [4.78, 5) is 46.4. The summed E-state index contributed by atoms with van der Waals surface area (Å²) < 4.78 is 40.5. The molecule has 40 heavy (non-hydrogen) atoms. The third-order valence-electron chi connectivity index (χ3n) is 7.17. The van der Waals surface area contributed by atoms with E-state index in [2.05, 4.69) is 42.4 Å². The largest absolute Gasteiger partial charge is 0.477 e. The zero-order chi connectivity index (χ0) is 28.9. The number of ether oxygens (including phenoxy) is 2. The van der Waals surface area contributed by atoms with Crippen LogP contribution in [0.2, 0.25) is 0 Å². The van der Waals surface area contributed by atoms with Gasteiger partial charge in [-0.2, -0.15) is 4.98 Å². The molecular weight excluding hydrogens is 528 g/mol. The van der Waals surface area contributed by atoms with Gasteiger partial charge in [-0.3, -0.25) is 5.32 Å². The zero-order valence-electron chi connectivity index (χ0n) is 23.0. The number of hydrogen-bond donors (Lipinski definition) is 2. The molecule has 0 spiro atoms. The first-order chi connectivity index (χ1) is 19.1. The molecule has 4 rings (SSSR count). The third kappa shape index (κ3) is 7.20. The molecule has 3 atom stereocenters. The summed E-state index contributed by atoms with van der Waals surface area (Å²) in [5, 5.41) is 5.34. The molecule has 15 heteroatoms. The molecule has 0 saturated carbocycles. The molecule has 2 aromatic heterocycles. The van der Waals surface area contributed by atoms with E-state index in [4.69, 9.17) is 9.47 Å². The van der Waals surface area contributed by atoms with Gasteiger partial charge < -0.3 is 29.5 Å². The van der Waals surface area contributed by atoms with E-state index in [9.17, 15) is 18.4 Å². The lowest BCUT2D eigenvalue weighted by molar-refractivity contribution is -0.0760. The first kappa shape index (κ1) is 29.1. The molecule has 2 saturated heterocycles. The van der Waals surface area contributed by atoms with E-state index in [0.717, 1.165) is 24.3 Å². The second-order valence-electron chi connectivity index (χ2n) is 9.97. The van der Waals surface area contributed by atoms with Crippen LogP contribution < -0.4 is 25.0 Å². The van der Waals surface area contributed by atoms with Gasteiger partial charge in [0.15, 0.2) is 5.82 Å². The van der Waals surface area contributed by atoms with Gasteiger partial charge in [-0.15, -0.1) is 0 Å². The Bertz CT molecular complexity index is 1170. The van der Waals surface area contributed by atoms with Crippen LogP contribution >= 0.6 is 0 Å². The van der Waals surface area contributed by atoms with Crippen LogP contribution in [0.3, 0.4) is 0 Å². The van der Waals surface area contributed by atoms with Gasteiger partial charge in [-0.05, 0) is 33.7 Å². The highest BCUT2D eigenvalue weighted by molar-refractivity contribution is 5.88. The van der Waals surface area contributed by atoms with Crippen LogP contribution in [0.15, 0.2) is 24.7 Å². The first-order valence-electron chi connectivity index (χ1n) is 13.2. The number of halogens is 2. The molecule has 0 unspecified atom stereocenters. The zero-order valence-corrected chi connectivity index (χ0v) is 23.0. The lowest BCUT2D eigenvalue weighted by Gasteiger charge is -2.42. The fraction of sp³-hybridized carbons (Fsp3) is 0.600. The predicted molar refractivity (Wildman–Crippen MR) is 142 cm³/mol. The van der Waals surface area contributed by atoms with Crippen LogP contribution in [-0.2, 0) is 0 Å². The average molecular weight is 564 g/mol. The highest BCUT2D eigenvalue weighted by Crippen LogP contribution is 2.33. The number of likely N-dealkylation sites (N-methyl/N-ethyl adjacent to an activating group) is 1. The van der Waals surface area contributed by atoms with Crippen LogP contribution in [0.25, 0.3) is 0 Å².